The van der Waals surface area contributed by atoms with Crippen LogP contribution in [0.1, 0.15) is 25.3 Å². The summed E-state index contributed by atoms with van der Waals surface area (Å²) in [6.45, 7) is 2.37. The van der Waals surface area contributed by atoms with Gasteiger partial charge < -0.3 is 10.6 Å². The first kappa shape index (κ1) is 15.3. The molecule has 100 valence electrons. The summed E-state index contributed by atoms with van der Waals surface area (Å²) >= 11 is 11.9. The quantitative estimate of drug-likeness (QED) is 0.905. The number of carbonyl (C=O) groups excluding carboxylic acids is 1. The number of nitrogens with zero attached hydrogens (tertiary/aromatic N) is 1. The van der Waals surface area contributed by atoms with Crippen LogP contribution in [0.15, 0.2) is 18.2 Å². The van der Waals surface area contributed by atoms with Crippen LogP contribution in [0.5, 0.6) is 0 Å². The molecule has 3 nitrogen and oxygen atoms in total. The molecule has 18 heavy (non-hydrogen) atoms. The summed E-state index contributed by atoms with van der Waals surface area (Å²) in [5.74, 6) is 0.0679. The van der Waals surface area contributed by atoms with E-state index in [1.54, 1.807) is 24.1 Å². The zero-order valence-electron chi connectivity index (χ0n) is 10.6. The SMILES string of the molecule is CC(N)CCC(=O)N(C)Cc1ccc(Cl)cc1Cl. The van der Waals surface area contributed by atoms with Crippen molar-refractivity contribution < 1.29 is 4.79 Å². The third-order valence-electron chi connectivity index (χ3n) is 2.66. The van der Waals surface area contributed by atoms with Crippen molar-refractivity contribution in [1.29, 1.82) is 0 Å². The van der Waals surface area contributed by atoms with Gasteiger partial charge in [0.1, 0.15) is 0 Å². The van der Waals surface area contributed by atoms with Gasteiger partial charge in [-0.05, 0) is 31.0 Å². The maximum atomic E-state index is 11.8. The van der Waals surface area contributed by atoms with E-state index in [9.17, 15) is 4.79 Å². The van der Waals surface area contributed by atoms with Gasteiger partial charge in [0, 0.05) is 36.1 Å². The van der Waals surface area contributed by atoms with Gasteiger partial charge in [0.2, 0.25) is 5.91 Å². The zero-order chi connectivity index (χ0) is 13.7. The number of hydrogen-bond donors (Lipinski definition) is 1. The molecule has 1 rings (SSSR count). The number of carbonyl (C=O) groups is 1. The molecule has 5 heteroatoms. The molecule has 0 saturated heterocycles. The molecule has 2 N–H and O–H groups in total. The Hall–Kier alpha value is -0.770. The van der Waals surface area contributed by atoms with Gasteiger partial charge in [-0.15, -0.1) is 0 Å². The highest BCUT2D eigenvalue weighted by Crippen LogP contribution is 2.22. The van der Waals surface area contributed by atoms with Gasteiger partial charge in [0.15, 0.2) is 0 Å². The zero-order valence-corrected chi connectivity index (χ0v) is 12.1. The molecule has 1 aromatic rings. The van der Waals surface area contributed by atoms with Gasteiger partial charge >= 0.3 is 0 Å². The molecule has 1 atom stereocenters. The van der Waals surface area contributed by atoms with Gasteiger partial charge in [-0.1, -0.05) is 29.3 Å². The Bertz CT molecular complexity index is 421. The van der Waals surface area contributed by atoms with Crippen molar-refractivity contribution in [3.8, 4) is 0 Å². The molecule has 1 amide bonds. The normalized spacial score (nSPS) is 12.3. The van der Waals surface area contributed by atoms with Crippen LogP contribution in [0.25, 0.3) is 0 Å². The van der Waals surface area contributed by atoms with Crippen LogP contribution >= 0.6 is 23.2 Å². The van der Waals surface area contributed by atoms with E-state index in [1.807, 2.05) is 13.0 Å². The van der Waals surface area contributed by atoms with Gasteiger partial charge in [0.25, 0.3) is 0 Å². The van der Waals surface area contributed by atoms with E-state index in [0.717, 1.165) is 5.56 Å². The lowest BCUT2D eigenvalue weighted by atomic mass is 10.1. The summed E-state index contributed by atoms with van der Waals surface area (Å²) in [7, 11) is 1.76. The Morgan fingerprint density at radius 2 is 2.11 bits per heavy atom. The lowest BCUT2D eigenvalue weighted by molar-refractivity contribution is -0.130. The number of hydrogen-bond acceptors (Lipinski definition) is 2. The number of halogens is 2. The first-order chi connectivity index (χ1) is 8.40. The molecule has 0 saturated carbocycles. The van der Waals surface area contributed by atoms with Gasteiger partial charge in [-0.2, -0.15) is 0 Å². The molecule has 0 fully saturated rings. The Balaban J connectivity index is 2.58. The lowest BCUT2D eigenvalue weighted by Crippen LogP contribution is -2.28. The highest BCUT2D eigenvalue weighted by Gasteiger charge is 2.11. The minimum Gasteiger partial charge on any atom is -0.341 e. The number of nitrogens with two attached hydrogens (primary N) is 1. The van der Waals surface area contributed by atoms with Crippen LogP contribution in [0.4, 0.5) is 0 Å². The van der Waals surface area contributed by atoms with E-state index in [0.29, 0.717) is 29.4 Å². The summed E-state index contributed by atoms with van der Waals surface area (Å²) < 4.78 is 0. The fourth-order valence-electron chi connectivity index (χ4n) is 1.54. The lowest BCUT2D eigenvalue weighted by Gasteiger charge is -2.18. The highest BCUT2D eigenvalue weighted by molar-refractivity contribution is 6.35. The molecule has 0 heterocycles. The summed E-state index contributed by atoms with van der Waals surface area (Å²) in [5, 5.41) is 1.17. The van der Waals surface area contributed by atoms with Crippen molar-refractivity contribution in [2.75, 3.05) is 7.05 Å². The van der Waals surface area contributed by atoms with Crippen molar-refractivity contribution in [2.24, 2.45) is 5.73 Å². The second-order valence-corrected chi connectivity index (χ2v) is 5.35. The molecule has 0 radical (unpaired) electrons. The standard InChI is InChI=1S/C13H18Cl2N2O/c1-9(16)3-6-13(18)17(2)8-10-4-5-11(14)7-12(10)15/h4-5,7,9H,3,6,8,16H2,1-2H3. The Morgan fingerprint density at radius 3 is 2.67 bits per heavy atom. The Morgan fingerprint density at radius 1 is 1.44 bits per heavy atom. The maximum Gasteiger partial charge on any atom is 0.222 e. The third-order valence-corrected chi connectivity index (χ3v) is 3.25. The second-order valence-electron chi connectivity index (χ2n) is 4.50. The molecule has 0 bridgehead atoms. The predicted octanol–water partition coefficient (Wildman–Crippen LogP) is 3.08. The van der Waals surface area contributed by atoms with Crippen molar-refractivity contribution in [1.82, 2.24) is 4.90 Å². The smallest absolute Gasteiger partial charge is 0.222 e. The number of amides is 1. The minimum absolute atomic E-state index is 0.0430. The molecule has 0 aromatic heterocycles. The van der Waals surface area contributed by atoms with E-state index < -0.39 is 0 Å². The molecule has 0 aliphatic carbocycles. The van der Waals surface area contributed by atoms with Crippen LogP contribution in [0.2, 0.25) is 10.0 Å². The highest BCUT2D eigenvalue weighted by atomic mass is 35.5. The van der Waals surface area contributed by atoms with Crippen molar-refractivity contribution >= 4 is 29.1 Å². The average Bonchev–Trinajstić information content (AvgIpc) is 2.29. The Kier molecular flexibility index (Phi) is 5.93. The first-order valence-electron chi connectivity index (χ1n) is 5.83. The Labute approximate surface area is 118 Å². The maximum absolute atomic E-state index is 11.8. The second kappa shape index (κ2) is 6.98. The fourth-order valence-corrected chi connectivity index (χ4v) is 2.00. The first-order valence-corrected chi connectivity index (χ1v) is 6.59. The van der Waals surface area contributed by atoms with Crippen molar-refractivity contribution in [3.05, 3.63) is 33.8 Å². The molecule has 1 unspecified atom stereocenters. The minimum atomic E-state index is 0.0430. The fraction of sp³-hybridized carbons (Fsp3) is 0.462. The predicted molar refractivity (Wildman–Crippen MR) is 75.8 cm³/mol. The van der Waals surface area contributed by atoms with Crippen LogP contribution in [0, 0.1) is 0 Å². The monoisotopic (exact) mass is 288 g/mol. The molecule has 0 aliphatic heterocycles. The van der Waals surface area contributed by atoms with Crippen LogP contribution < -0.4 is 5.73 Å². The van der Waals surface area contributed by atoms with Crippen molar-refractivity contribution in [3.63, 3.8) is 0 Å². The van der Waals surface area contributed by atoms with Gasteiger partial charge in [-0.25, -0.2) is 0 Å². The molecular weight excluding hydrogens is 271 g/mol. The average molecular weight is 289 g/mol. The molecule has 1 aromatic carbocycles. The summed E-state index contributed by atoms with van der Waals surface area (Å²) in [4.78, 5) is 13.5. The number of benzene rings is 1. The van der Waals surface area contributed by atoms with Gasteiger partial charge in [0.05, 0.1) is 0 Å². The van der Waals surface area contributed by atoms with Gasteiger partial charge in [-0.3, -0.25) is 4.79 Å². The largest absolute Gasteiger partial charge is 0.341 e. The van der Waals surface area contributed by atoms with Crippen LogP contribution in [-0.2, 0) is 11.3 Å². The summed E-state index contributed by atoms with van der Waals surface area (Å²) in [6, 6.07) is 5.32. The molecule has 0 spiro atoms. The van der Waals surface area contributed by atoms with E-state index in [1.165, 1.54) is 0 Å². The van der Waals surface area contributed by atoms with Crippen LogP contribution in [0.3, 0.4) is 0 Å². The number of rotatable bonds is 5. The van der Waals surface area contributed by atoms with Crippen molar-refractivity contribution in [2.45, 2.75) is 32.4 Å². The van der Waals surface area contributed by atoms with E-state index in [-0.39, 0.29) is 11.9 Å². The summed E-state index contributed by atoms with van der Waals surface area (Å²) in [5.41, 5.74) is 6.51. The van der Waals surface area contributed by atoms with E-state index in [4.69, 9.17) is 28.9 Å². The molecule has 0 aliphatic rings. The van der Waals surface area contributed by atoms with E-state index >= 15 is 0 Å². The van der Waals surface area contributed by atoms with E-state index in [2.05, 4.69) is 0 Å². The topological polar surface area (TPSA) is 46.3 Å². The molecular formula is C13H18Cl2N2O. The van der Waals surface area contributed by atoms with Crippen LogP contribution in [-0.4, -0.2) is 23.9 Å². The third kappa shape index (κ3) is 4.84. The summed E-state index contributed by atoms with van der Waals surface area (Å²) in [6.07, 6.45) is 1.15.